The minimum Gasteiger partial charge on any atom is -0.465 e. The normalized spacial score (nSPS) is 11.0. The zero-order valence-electron chi connectivity index (χ0n) is 13.8. The molecule has 0 spiro atoms. The van der Waals surface area contributed by atoms with Gasteiger partial charge in [-0.15, -0.1) is 0 Å². The van der Waals surface area contributed by atoms with Gasteiger partial charge in [-0.25, -0.2) is 13.2 Å². The highest BCUT2D eigenvalue weighted by atomic mass is 32.2. The van der Waals surface area contributed by atoms with Crippen LogP contribution in [0, 0.1) is 24.0 Å². The minimum absolute atomic E-state index is 0.000876. The first-order chi connectivity index (χ1) is 11.7. The van der Waals surface area contributed by atoms with Crippen molar-refractivity contribution in [2.24, 2.45) is 0 Å². The van der Waals surface area contributed by atoms with Gasteiger partial charge in [0, 0.05) is 11.6 Å². The molecule has 2 aromatic carbocycles. The highest BCUT2D eigenvalue weighted by molar-refractivity contribution is 7.92. The Morgan fingerprint density at radius 1 is 1.16 bits per heavy atom. The van der Waals surface area contributed by atoms with Gasteiger partial charge < -0.3 is 4.74 Å². The number of ether oxygens (including phenoxy) is 1. The molecule has 0 bridgehead atoms. The number of carbonyl (C=O) groups is 1. The Balaban J connectivity index is 2.51. The molecule has 0 atom stereocenters. The Bertz CT molecular complexity index is 936. The molecule has 1 N–H and O–H groups in total. The number of hydrogen-bond donors (Lipinski definition) is 1. The molecule has 132 valence electrons. The maximum Gasteiger partial charge on any atom is 0.338 e. The van der Waals surface area contributed by atoms with Gasteiger partial charge in [-0.2, -0.15) is 0 Å². The lowest BCUT2D eigenvalue weighted by molar-refractivity contribution is -0.385. The maximum absolute atomic E-state index is 12.4. The summed E-state index contributed by atoms with van der Waals surface area (Å²) in [4.78, 5) is 22.3. The van der Waals surface area contributed by atoms with E-state index in [-0.39, 0.29) is 27.4 Å². The standard InChI is InChI=1S/C16H16N2O6S/c1-10-4-6-13(7-5-10)25(22,23)17-12-8-14(16(19)24-3)11(2)15(9-12)18(20)21/h4-9,17H,1-3H3. The second-order valence-corrected chi connectivity index (χ2v) is 7.02. The number of anilines is 1. The van der Waals surface area contributed by atoms with Gasteiger partial charge in [0.25, 0.3) is 15.7 Å². The highest BCUT2D eigenvalue weighted by Gasteiger charge is 2.23. The van der Waals surface area contributed by atoms with E-state index >= 15 is 0 Å². The molecule has 0 aliphatic carbocycles. The van der Waals surface area contributed by atoms with Gasteiger partial charge in [0.05, 0.1) is 28.2 Å². The lowest BCUT2D eigenvalue weighted by Gasteiger charge is -2.11. The van der Waals surface area contributed by atoms with Crippen molar-refractivity contribution < 1.29 is 22.9 Å². The average Bonchev–Trinajstić information content (AvgIpc) is 2.55. The van der Waals surface area contributed by atoms with Gasteiger partial charge in [0.15, 0.2) is 0 Å². The van der Waals surface area contributed by atoms with E-state index in [4.69, 9.17) is 0 Å². The molecule has 0 fully saturated rings. The van der Waals surface area contributed by atoms with E-state index in [0.29, 0.717) is 0 Å². The fraction of sp³-hybridized carbons (Fsp3) is 0.188. The van der Waals surface area contributed by atoms with E-state index in [2.05, 4.69) is 9.46 Å². The Morgan fingerprint density at radius 2 is 1.76 bits per heavy atom. The quantitative estimate of drug-likeness (QED) is 0.495. The molecule has 0 amide bonds. The first kappa shape index (κ1) is 18.4. The number of nitrogens with one attached hydrogen (secondary N) is 1. The number of sulfonamides is 1. The van der Waals surface area contributed by atoms with E-state index < -0.39 is 20.9 Å². The highest BCUT2D eigenvalue weighted by Crippen LogP contribution is 2.28. The fourth-order valence-corrected chi connectivity index (χ4v) is 3.24. The molecule has 0 radical (unpaired) electrons. The number of nitrogens with zero attached hydrogens (tertiary/aromatic N) is 1. The van der Waals surface area contributed by atoms with Crippen molar-refractivity contribution in [2.75, 3.05) is 11.8 Å². The molecule has 0 heterocycles. The Hall–Kier alpha value is -2.94. The zero-order chi connectivity index (χ0) is 18.8. The lowest BCUT2D eigenvalue weighted by atomic mass is 10.1. The van der Waals surface area contributed by atoms with Crippen LogP contribution < -0.4 is 4.72 Å². The fourth-order valence-electron chi connectivity index (χ4n) is 2.20. The summed E-state index contributed by atoms with van der Waals surface area (Å²) in [6.45, 7) is 3.21. The largest absolute Gasteiger partial charge is 0.465 e. The first-order valence-electron chi connectivity index (χ1n) is 7.12. The molecule has 0 unspecified atom stereocenters. The third kappa shape index (κ3) is 3.94. The number of rotatable bonds is 5. The van der Waals surface area contributed by atoms with E-state index in [9.17, 15) is 23.3 Å². The third-order valence-corrected chi connectivity index (χ3v) is 4.96. The SMILES string of the molecule is COC(=O)c1cc(NS(=O)(=O)c2ccc(C)cc2)cc([N+](=O)[O-])c1C. The van der Waals surface area contributed by atoms with Crippen LogP contribution in [0.5, 0.6) is 0 Å². The number of hydrogen-bond acceptors (Lipinski definition) is 6. The number of methoxy groups -OCH3 is 1. The van der Waals surface area contributed by atoms with Crippen molar-refractivity contribution in [1.29, 1.82) is 0 Å². The predicted octanol–water partition coefficient (Wildman–Crippen LogP) is 2.80. The molecule has 25 heavy (non-hydrogen) atoms. The van der Waals surface area contributed by atoms with Crippen LogP contribution in [-0.2, 0) is 14.8 Å². The second-order valence-electron chi connectivity index (χ2n) is 5.34. The van der Waals surface area contributed by atoms with Gasteiger partial charge in [0.2, 0.25) is 0 Å². The van der Waals surface area contributed by atoms with E-state index in [1.54, 1.807) is 12.1 Å². The summed E-state index contributed by atoms with van der Waals surface area (Å²) in [6, 6.07) is 8.37. The number of benzene rings is 2. The Morgan fingerprint density at radius 3 is 2.28 bits per heavy atom. The maximum atomic E-state index is 12.4. The number of esters is 1. The summed E-state index contributed by atoms with van der Waals surface area (Å²) >= 11 is 0. The van der Waals surface area contributed by atoms with Crippen LogP contribution in [0.4, 0.5) is 11.4 Å². The molecule has 0 saturated carbocycles. The van der Waals surface area contributed by atoms with Crippen LogP contribution in [-0.4, -0.2) is 26.4 Å². The minimum atomic E-state index is -3.96. The summed E-state index contributed by atoms with van der Waals surface area (Å²) in [5.74, 6) is -0.794. The third-order valence-electron chi connectivity index (χ3n) is 3.57. The second kappa shape index (κ2) is 6.89. The molecule has 0 aliphatic rings. The molecule has 9 heteroatoms. The first-order valence-corrected chi connectivity index (χ1v) is 8.61. The van der Waals surface area contributed by atoms with Crippen LogP contribution in [0.1, 0.15) is 21.5 Å². The van der Waals surface area contributed by atoms with Crippen LogP contribution >= 0.6 is 0 Å². The van der Waals surface area contributed by atoms with Gasteiger partial charge in [-0.3, -0.25) is 14.8 Å². The van der Waals surface area contributed by atoms with Crippen LogP contribution in [0.15, 0.2) is 41.3 Å². The summed E-state index contributed by atoms with van der Waals surface area (Å²) < 4.78 is 31.7. The molecular formula is C16H16N2O6S. The summed E-state index contributed by atoms with van der Waals surface area (Å²) in [5, 5.41) is 11.2. The number of nitro groups is 1. The molecule has 0 aliphatic heterocycles. The van der Waals surface area contributed by atoms with Gasteiger partial charge in [-0.05, 0) is 32.0 Å². The van der Waals surface area contributed by atoms with Gasteiger partial charge in [0.1, 0.15) is 0 Å². The van der Waals surface area contributed by atoms with Crippen LogP contribution in [0.2, 0.25) is 0 Å². The predicted molar refractivity (Wildman–Crippen MR) is 91.2 cm³/mol. The lowest BCUT2D eigenvalue weighted by Crippen LogP contribution is -2.14. The Labute approximate surface area is 144 Å². The topological polar surface area (TPSA) is 116 Å². The van der Waals surface area contributed by atoms with Crippen molar-refractivity contribution >= 4 is 27.4 Å². The van der Waals surface area contributed by atoms with E-state index in [0.717, 1.165) is 18.7 Å². The van der Waals surface area contributed by atoms with Gasteiger partial charge in [-0.1, -0.05) is 17.7 Å². The number of nitro benzene ring substituents is 1. The van der Waals surface area contributed by atoms with Crippen molar-refractivity contribution in [3.63, 3.8) is 0 Å². The molecule has 0 aromatic heterocycles. The van der Waals surface area contributed by atoms with Crippen molar-refractivity contribution in [1.82, 2.24) is 0 Å². The van der Waals surface area contributed by atoms with E-state index in [1.807, 2.05) is 6.92 Å². The summed E-state index contributed by atoms with van der Waals surface area (Å²) in [5.41, 5.74) is 0.411. The smallest absolute Gasteiger partial charge is 0.338 e. The van der Waals surface area contributed by atoms with Gasteiger partial charge >= 0.3 is 5.97 Å². The summed E-state index contributed by atoms with van der Waals surface area (Å²) in [6.07, 6.45) is 0. The van der Waals surface area contributed by atoms with Crippen molar-refractivity contribution in [3.05, 3.63) is 63.2 Å². The molecule has 2 aromatic rings. The molecule has 8 nitrogen and oxygen atoms in total. The average molecular weight is 364 g/mol. The Kier molecular flexibility index (Phi) is 5.07. The molecule has 2 rings (SSSR count). The monoisotopic (exact) mass is 364 g/mol. The van der Waals surface area contributed by atoms with Crippen LogP contribution in [0.25, 0.3) is 0 Å². The summed E-state index contributed by atoms with van der Waals surface area (Å²) in [7, 11) is -2.82. The van der Waals surface area contributed by atoms with Crippen LogP contribution in [0.3, 0.4) is 0 Å². The molecule has 0 saturated heterocycles. The van der Waals surface area contributed by atoms with E-state index in [1.165, 1.54) is 25.1 Å². The number of carbonyl (C=O) groups excluding carboxylic acids is 1. The molecular weight excluding hydrogens is 348 g/mol. The number of aryl methyl sites for hydroxylation is 1. The van der Waals surface area contributed by atoms with Crippen molar-refractivity contribution in [3.8, 4) is 0 Å². The van der Waals surface area contributed by atoms with Crippen molar-refractivity contribution in [2.45, 2.75) is 18.7 Å². The zero-order valence-corrected chi connectivity index (χ0v) is 14.6.